The Labute approximate surface area is 157 Å². The highest BCUT2D eigenvalue weighted by molar-refractivity contribution is 6.36. The van der Waals surface area contributed by atoms with Gasteiger partial charge in [-0.1, -0.05) is 11.6 Å². The van der Waals surface area contributed by atoms with Gasteiger partial charge in [-0.25, -0.2) is 9.97 Å². The van der Waals surface area contributed by atoms with Gasteiger partial charge in [0, 0.05) is 30.4 Å². The van der Waals surface area contributed by atoms with E-state index in [1.807, 2.05) is 13.0 Å². The minimum atomic E-state index is -0.479. The molecule has 3 N–H and O–H groups in total. The van der Waals surface area contributed by atoms with Crippen LogP contribution in [0.4, 0.5) is 5.82 Å². The Morgan fingerprint density at radius 2 is 2.08 bits per heavy atom. The van der Waals surface area contributed by atoms with Gasteiger partial charge in [-0.3, -0.25) is 9.98 Å². The number of nitrogens with two attached hydrogens (primary N) is 1. The maximum absolute atomic E-state index is 9.41. The lowest BCUT2D eigenvalue weighted by Gasteiger charge is -2.38. The average molecular weight is 373 g/mol. The van der Waals surface area contributed by atoms with E-state index in [9.17, 15) is 5.11 Å². The fourth-order valence-electron chi connectivity index (χ4n) is 3.39. The normalized spacial score (nSPS) is 18.6. The molecule has 0 unspecified atom stereocenters. The largest absolute Gasteiger partial charge is 0.394 e. The van der Waals surface area contributed by atoms with Crippen molar-refractivity contribution in [3.8, 4) is 0 Å². The van der Waals surface area contributed by atoms with Gasteiger partial charge in [0.25, 0.3) is 0 Å². The molecule has 136 valence electrons. The fourth-order valence-corrected chi connectivity index (χ4v) is 3.59. The third-order valence-corrected chi connectivity index (χ3v) is 5.64. The molecule has 0 amide bonds. The van der Waals surface area contributed by atoms with E-state index >= 15 is 0 Å². The predicted octanol–water partition coefficient (Wildman–Crippen LogP) is 1.47. The van der Waals surface area contributed by atoms with Crippen LogP contribution in [0.1, 0.15) is 35.5 Å². The van der Waals surface area contributed by atoms with E-state index in [2.05, 4.69) is 19.9 Å². The minimum absolute atomic E-state index is 0.0139. The van der Waals surface area contributed by atoms with Crippen LogP contribution >= 0.6 is 11.6 Å². The highest BCUT2D eigenvalue weighted by atomic mass is 35.5. The van der Waals surface area contributed by atoms with Crippen molar-refractivity contribution in [3.63, 3.8) is 0 Å². The number of hydrogen-bond acceptors (Lipinski definition) is 7. The SMILES string of the molecule is Cc1nccc(C2=NCc3nc(N4CCC(N)(CO)CC4)cnc32)c1Cl. The summed E-state index contributed by atoms with van der Waals surface area (Å²) >= 11 is 6.40. The summed E-state index contributed by atoms with van der Waals surface area (Å²) < 4.78 is 0. The zero-order chi connectivity index (χ0) is 18.3. The number of nitrogens with zero attached hydrogens (tertiary/aromatic N) is 5. The van der Waals surface area contributed by atoms with Gasteiger partial charge < -0.3 is 15.7 Å². The van der Waals surface area contributed by atoms with E-state index < -0.39 is 5.54 Å². The number of aromatic nitrogens is 3. The lowest BCUT2D eigenvalue weighted by Crippen LogP contribution is -2.53. The number of fused-ring (bicyclic) bond motifs is 1. The molecule has 7 nitrogen and oxygen atoms in total. The van der Waals surface area contributed by atoms with Crippen LogP contribution in [0.5, 0.6) is 0 Å². The highest BCUT2D eigenvalue weighted by Crippen LogP contribution is 2.28. The van der Waals surface area contributed by atoms with Crippen molar-refractivity contribution in [1.82, 2.24) is 15.0 Å². The number of aliphatic imine (C=N–C) groups is 1. The summed E-state index contributed by atoms with van der Waals surface area (Å²) in [6.07, 6.45) is 4.97. The zero-order valence-corrected chi connectivity index (χ0v) is 15.4. The number of aliphatic hydroxyl groups excluding tert-OH is 1. The van der Waals surface area contributed by atoms with Gasteiger partial charge in [-0.15, -0.1) is 0 Å². The van der Waals surface area contributed by atoms with Crippen molar-refractivity contribution in [2.45, 2.75) is 31.8 Å². The molecule has 0 spiro atoms. The molecule has 2 aliphatic heterocycles. The van der Waals surface area contributed by atoms with E-state index in [0.717, 1.165) is 60.1 Å². The molecular formula is C18H21ClN6O. The maximum atomic E-state index is 9.41. The number of hydrogen-bond donors (Lipinski definition) is 2. The second kappa shape index (κ2) is 6.57. The van der Waals surface area contributed by atoms with Crippen LogP contribution in [0.3, 0.4) is 0 Å². The summed E-state index contributed by atoms with van der Waals surface area (Å²) in [5.74, 6) is 0.831. The number of aryl methyl sites for hydroxylation is 1. The number of rotatable bonds is 3. The average Bonchev–Trinajstić information content (AvgIpc) is 3.07. The van der Waals surface area contributed by atoms with Gasteiger partial charge >= 0.3 is 0 Å². The van der Waals surface area contributed by atoms with Crippen molar-refractivity contribution in [1.29, 1.82) is 0 Å². The van der Waals surface area contributed by atoms with Crippen molar-refractivity contribution < 1.29 is 5.11 Å². The van der Waals surface area contributed by atoms with E-state index in [4.69, 9.17) is 22.3 Å². The van der Waals surface area contributed by atoms with Crippen molar-refractivity contribution >= 4 is 23.1 Å². The van der Waals surface area contributed by atoms with Crippen molar-refractivity contribution in [2.24, 2.45) is 10.7 Å². The van der Waals surface area contributed by atoms with Gasteiger partial charge in [0.1, 0.15) is 11.5 Å². The number of aliphatic hydroxyl groups is 1. The number of piperidine rings is 1. The summed E-state index contributed by atoms with van der Waals surface area (Å²) in [4.78, 5) is 20.4. The zero-order valence-electron chi connectivity index (χ0n) is 14.6. The first-order valence-corrected chi connectivity index (χ1v) is 9.05. The van der Waals surface area contributed by atoms with Gasteiger partial charge in [0.2, 0.25) is 0 Å². The maximum Gasteiger partial charge on any atom is 0.147 e. The summed E-state index contributed by atoms with van der Waals surface area (Å²) in [7, 11) is 0. The lowest BCUT2D eigenvalue weighted by atomic mass is 9.90. The molecule has 0 saturated carbocycles. The first-order chi connectivity index (χ1) is 12.5. The van der Waals surface area contributed by atoms with Crippen LogP contribution in [-0.2, 0) is 6.54 Å². The summed E-state index contributed by atoms with van der Waals surface area (Å²) in [5.41, 5.74) is 9.69. The Balaban J connectivity index is 1.58. The Morgan fingerprint density at radius 3 is 2.81 bits per heavy atom. The smallest absolute Gasteiger partial charge is 0.147 e. The van der Waals surface area contributed by atoms with Crippen LogP contribution < -0.4 is 10.6 Å². The van der Waals surface area contributed by atoms with Gasteiger partial charge in [-0.05, 0) is 25.8 Å². The van der Waals surface area contributed by atoms with Crippen molar-refractivity contribution in [3.05, 3.63) is 46.1 Å². The van der Waals surface area contributed by atoms with Crippen LogP contribution in [0.15, 0.2) is 23.5 Å². The minimum Gasteiger partial charge on any atom is -0.394 e. The summed E-state index contributed by atoms with van der Waals surface area (Å²) in [6.45, 7) is 3.90. The molecule has 2 aliphatic rings. The molecule has 1 fully saturated rings. The lowest BCUT2D eigenvalue weighted by molar-refractivity contribution is 0.170. The highest BCUT2D eigenvalue weighted by Gasteiger charge is 2.31. The van der Waals surface area contributed by atoms with Gasteiger partial charge in [-0.2, -0.15) is 0 Å². The van der Waals surface area contributed by atoms with Gasteiger partial charge in [0.15, 0.2) is 0 Å². The molecule has 4 rings (SSSR count). The molecule has 0 aliphatic carbocycles. The van der Waals surface area contributed by atoms with Gasteiger partial charge in [0.05, 0.1) is 41.5 Å². The topological polar surface area (TPSA) is 101 Å². The monoisotopic (exact) mass is 372 g/mol. The Kier molecular flexibility index (Phi) is 4.38. The molecular weight excluding hydrogens is 352 g/mol. The Hall–Kier alpha value is -2.09. The quantitative estimate of drug-likeness (QED) is 0.846. The third kappa shape index (κ3) is 2.96. The molecule has 0 radical (unpaired) electrons. The fraction of sp³-hybridized carbons (Fsp3) is 0.444. The first kappa shape index (κ1) is 17.3. The molecule has 2 aromatic heterocycles. The van der Waals surface area contributed by atoms with E-state index in [1.165, 1.54) is 0 Å². The van der Waals surface area contributed by atoms with E-state index in [-0.39, 0.29) is 6.61 Å². The van der Waals surface area contributed by atoms with Crippen LogP contribution in [-0.4, -0.2) is 51.0 Å². The summed E-state index contributed by atoms with van der Waals surface area (Å²) in [6, 6.07) is 1.86. The van der Waals surface area contributed by atoms with Crippen molar-refractivity contribution in [2.75, 3.05) is 24.6 Å². The van der Waals surface area contributed by atoms with Crippen LogP contribution in [0.25, 0.3) is 0 Å². The number of pyridine rings is 1. The second-order valence-electron chi connectivity index (χ2n) is 6.95. The molecule has 26 heavy (non-hydrogen) atoms. The molecule has 1 saturated heterocycles. The second-order valence-corrected chi connectivity index (χ2v) is 7.33. The molecule has 0 aromatic carbocycles. The third-order valence-electron chi connectivity index (χ3n) is 5.16. The molecule has 8 heteroatoms. The number of halogens is 1. The molecule has 0 atom stereocenters. The van der Waals surface area contributed by atoms with Crippen LogP contribution in [0.2, 0.25) is 5.02 Å². The summed E-state index contributed by atoms with van der Waals surface area (Å²) in [5, 5.41) is 10.0. The number of anilines is 1. The predicted molar refractivity (Wildman–Crippen MR) is 101 cm³/mol. The van der Waals surface area contributed by atoms with Crippen LogP contribution in [0, 0.1) is 6.92 Å². The molecule has 4 heterocycles. The molecule has 2 aromatic rings. The first-order valence-electron chi connectivity index (χ1n) is 8.68. The standard InChI is InChI=1S/C18H21ClN6O/c1-11-15(19)12(2-5-21-11)16-17-13(8-22-16)24-14(9-23-17)25-6-3-18(20,10-26)4-7-25/h2,5,9,26H,3-4,6-8,10,20H2,1H3. The molecule has 0 bridgehead atoms. The van der Waals surface area contributed by atoms with E-state index in [1.54, 1.807) is 12.4 Å². The Morgan fingerprint density at radius 1 is 1.31 bits per heavy atom. The Bertz CT molecular complexity index is 876. The van der Waals surface area contributed by atoms with E-state index in [0.29, 0.717) is 11.6 Å².